The minimum absolute atomic E-state index is 0.0103. The van der Waals surface area contributed by atoms with Gasteiger partial charge < -0.3 is 4.74 Å². The summed E-state index contributed by atoms with van der Waals surface area (Å²) in [6.07, 6.45) is 0.999. The molecule has 0 aromatic heterocycles. The van der Waals surface area contributed by atoms with Crippen molar-refractivity contribution in [1.29, 1.82) is 0 Å². The molecule has 2 aromatic rings. The average Bonchev–Trinajstić information content (AvgIpc) is 2.67. The Kier molecular flexibility index (Phi) is 6.93. The molecule has 1 aliphatic rings. The number of ether oxygens (including phenoxy) is 1. The van der Waals surface area contributed by atoms with E-state index in [1.807, 2.05) is 6.92 Å². The highest BCUT2D eigenvalue weighted by Crippen LogP contribution is 2.39. The second kappa shape index (κ2) is 9.07. The van der Waals surface area contributed by atoms with Crippen molar-refractivity contribution in [2.24, 2.45) is 0 Å². The molecular weight excluding hydrogens is 423 g/mol. The van der Waals surface area contributed by atoms with Crippen LogP contribution in [0.2, 0.25) is 0 Å². The van der Waals surface area contributed by atoms with E-state index >= 15 is 0 Å². The van der Waals surface area contributed by atoms with E-state index < -0.39 is 15.5 Å². The fraction of sp³-hybridized carbons (Fsp3) is 0.400. The van der Waals surface area contributed by atoms with E-state index in [1.54, 1.807) is 24.3 Å². The first kappa shape index (κ1) is 22.1. The predicted octanol–water partition coefficient (Wildman–Crippen LogP) is 4.98. The highest BCUT2D eigenvalue weighted by molar-refractivity contribution is 8.00. The van der Waals surface area contributed by atoms with Gasteiger partial charge in [0.15, 0.2) is 0 Å². The number of alkyl halides is 3. The second-order valence-electron chi connectivity index (χ2n) is 6.86. The molecule has 1 saturated heterocycles. The third kappa shape index (κ3) is 5.75. The highest BCUT2D eigenvalue weighted by Gasteiger charge is 2.35. The molecule has 158 valence electrons. The summed E-state index contributed by atoms with van der Waals surface area (Å²) in [6.45, 7) is 2.57. The standard InChI is InChI=1S/C20H22F3NO3S2/c1-15-6-8-18(9-7-15)29(25,26)24(17-10-12-27-13-11-17)14-16-4-2-3-5-19(16)28-20(21,22)23/h2-9,17H,10-14H2,1H3. The van der Waals surface area contributed by atoms with Crippen LogP contribution in [-0.4, -0.2) is 37.5 Å². The molecule has 1 fully saturated rings. The summed E-state index contributed by atoms with van der Waals surface area (Å²) in [5.41, 5.74) is -3.19. The van der Waals surface area contributed by atoms with Gasteiger partial charge in [-0.15, -0.1) is 0 Å². The number of nitrogens with zero attached hydrogens (tertiary/aromatic N) is 1. The molecule has 1 heterocycles. The van der Waals surface area contributed by atoms with Crippen molar-refractivity contribution in [2.75, 3.05) is 13.2 Å². The number of hydrogen-bond acceptors (Lipinski definition) is 4. The van der Waals surface area contributed by atoms with Gasteiger partial charge in [-0.2, -0.15) is 17.5 Å². The van der Waals surface area contributed by atoms with Gasteiger partial charge in [0.25, 0.3) is 0 Å². The maximum Gasteiger partial charge on any atom is 0.446 e. The van der Waals surface area contributed by atoms with Crippen LogP contribution in [0.15, 0.2) is 58.3 Å². The fourth-order valence-electron chi connectivity index (χ4n) is 3.26. The quantitative estimate of drug-likeness (QED) is 0.589. The Hall–Kier alpha value is -1.55. The average molecular weight is 446 g/mol. The first-order valence-electron chi connectivity index (χ1n) is 9.17. The number of thioether (sulfide) groups is 1. The van der Waals surface area contributed by atoms with Crippen LogP contribution in [0.25, 0.3) is 0 Å². The van der Waals surface area contributed by atoms with Crippen LogP contribution in [-0.2, 0) is 21.3 Å². The summed E-state index contributed by atoms with van der Waals surface area (Å²) < 4.78 is 72.4. The molecule has 0 N–H and O–H groups in total. The van der Waals surface area contributed by atoms with E-state index in [1.165, 1.54) is 28.6 Å². The Bertz CT molecular complexity index is 925. The van der Waals surface area contributed by atoms with Crippen LogP contribution in [0.1, 0.15) is 24.0 Å². The van der Waals surface area contributed by atoms with Crippen LogP contribution in [0.5, 0.6) is 0 Å². The lowest BCUT2D eigenvalue weighted by atomic mass is 10.1. The summed E-state index contributed by atoms with van der Waals surface area (Å²) in [5, 5.41) is 0. The Labute approximate surface area is 173 Å². The maximum absolute atomic E-state index is 13.4. The summed E-state index contributed by atoms with van der Waals surface area (Å²) in [6, 6.07) is 12.2. The normalized spacial score (nSPS) is 16.3. The summed E-state index contributed by atoms with van der Waals surface area (Å²) in [5.74, 6) is 0. The predicted molar refractivity (Wildman–Crippen MR) is 106 cm³/mol. The Balaban J connectivity index is 1.98. The van der Waals surface area contributed by atoms with Gasteiger partial charge in [0.2, 0.25) is 10.0 Å². The van der Waals surface area contributed by atoms with Gasteiger partial charge in [-0.3, -0.25) is 0 Å². The number of rotatable bonds is 6. The zero-order valence-corrected chi connectivity index (χ0v) is 17.5. The minimum atomic E-state index is -4.45. The monoisotopic (exact) mass is 445 g/mol. The van der Waals surface area contributed by atoms with E-state index in [9.17, 15) is 21.6 Å². The van der Waals surface area contributed by atoms with Crippen molar-refractivity contribution in [2.45, 2.75) is 47.7 Å². The summed E-state index contributed by atoms with van der Waals surface area (Å²) in [4.78, 5) is 0.145. The molecule has 0 radical (unpaired) electrons. The maximum atomic E-state index is 13.4. The number of aryl methyl sites for hydroxylation is 1. The van der Waals surface area contributed by atoms with Crippen LogP contribution < -0.4 is 0 Å². The second-order valence-corrected chi connectivity index (χ2v) is 9.86. The van der Waals surface area contributed by atoms with E-state index in [0.29, 0.717) is 31.6 Å². The number of halogens is 3. The van der Waals surface area contributed by atoms with E-state index in [0.717, 1.165) is 5.56 Å². The molecule has 9 heteroatoms. The third-order valence-corrected chi connectivity index (χ3v) is 7.51. The van der Waals surface area contributed by atoms with Crippen molar-refractivity contribution >= 4 is 21.8 Å². The molecule has 29 heavy (non-hydrogen) atoms. The summed E-state index contributed by atoms with van der Waals surface area (Å²) >= 11 is -0.222. The van der Waals surface area contributed by atoms with Gasteiger partial charge in [-0.1, -0.05) is 35.9 Å². The lowest BCUT2D eigenvalue weighted by molar-refractivity contribution is -0.0328. The van der Waals surface area contributed by atoms with Crippen molar-refractivity contribution in [3.05, 3.63) is 59.7 Å². The lowest BCUT2D eigenvalue weighted by Gasteiger charge is -2.34. The first-order chi connectivity index (χ1) is 13.7. The number of benzene rings is 2. The SMILES string of the molecule is Cc1ccc(S(=O)(=O)N(Cc2ccccc2SC(F)(F)F)C2CCOCC2)cc1. The molecule has 0 atom stereocenters. The van der Waals surface area contributed by atoms with Crippen molar-refractivity contribution < 1.29 is 26.3 Å². The molecule has 0 amide bonds. The van der Waals surface area contributed by atoms with Crippen LogP contribution in [0.4, 0.5) is 13.2 Å². The largest absolute Gasteiger partial charge is 0.446 e. The van der Waals surface area contributed by atoms with Gasteiger partial charge in [0.05, 0.1) is 4.90 Å². The number of sulfonamides is 1. The molecule has 4 nitrogen and oxygen atoms in total. The van der Waals surface area contributed by atoms with Gasteiger partial charge in [0, 0.05) is 30.7 Å². The van der Waals surface area contributed by atoms with Crippen molar-refractivity contribution in [1.82, 2.24) is 4.31 Å². The zero-order chi connectivity index (χ0) is 21.1. The Morgan fingerprint density at radius 2 is 1.69 bits per heavy atom. The van der Waals surface area contributed by atoms with E-state index in [2.05, 4.69) is 0 Å². The Morgan fingerprint density at radius 3 is 2.31 bits per heavy atom. The molecule has 3 rings (SSSR count). The molecule has 0 saturated carbocycles. The number of hydrogen-bond donors (Lipinski definition) is 0. The molecular formula is C20H22F3NO3S2. The van der Waals surface area contributed by atoms with E-state index in [-0.39, 0.29) is 34.1 Å². The molecule has 0 bridgehead atoms. The zero-order valence-electron chi connectivity index (χ0n) is 15.9. The van der Waals surface area contributed by atoms with Gasteiger partial charge >= 0.3 is 5.51 Å². The lowest BCUT2D eigenvalue weighted by Crippen LogP contribution is -2.43. The smallest absolute Gasteiger partial charge is 0.381 e. The molecule has 2 aromatic carbocycles. The Morgan fingerprint density at radius 1 is 1.07 bits per heavy atom. The van der Waals surface area contributed by atoms with E-state index in [4.69, 9.17) is 4.74 Å². The van der Waals surface area contributed by atoms with Gasteiger partial charge in [-0.05, 0) is 55.3 Å². The molecule has 1 aliphatic heterocycles. The fourth-order valence-corrected chi connectivity index (χ4v) is 5.58. The van der Waals surface area contributed by atoms with Crippen molar-refractivity contribution in [3.63, 3.8) is 0 Å². The molecule has 0 spiro atoms. The van der Waals surface area contributed by atoms with Gasteiger partial charge in [-0.25, -0.2) is 8.42 Å². The molecule has 0 aliphatic carbocycles. The van der Waals surface area contributed by atoms with Crippen LogP contribution >= 0.6 is 11.8 Å². The van der Waals surface area contributed by atoms with Crippen molar-refractivity contribution in [3.8, 4) is 0 Å². The van der Waals surface area contributed by atoms with Crippen LogP contribution in [0.3, 0.4) is 0 Å². The molecule has 0 unspecified atom stereocenters. The van der Waals surface area contributed by atoms with Crippen LogP contribution in [0, 0.1) is 6.92 Å². The minimum Gasteiger partial charge on any atom is -0.381 e. The van der Waals surface area contributed by atoms with Gasteiger partial charge in [0.1, 0.15) is 0 Å². The highest BCUT2D eigenvalue weighted by atomic mass is 32.2. The first-order valence-corrected chi connectivity index (χ1v) is 11.4. The topological polar surface area (TPSA) is 46.6 Å². The third-order valence-electron chi connectivity index (χ3n) is 4.75. The summed E-state index contributed by atoms with van der Waals surface area (Å²) in [7, 11) is -3.89.